The van der Waals surface area contributed by atoms with Crippen LogP contribution in [0.3, 0.4) is 0 Å². The van der Waals surface area contributed by atoms with Crippen LogP contribution in [0.4, 0.5) is 0 Å². The number of imidazole rings is 1. The third kappa shape index (κ3) is 2.59. The fraction of sp³-hybridized carbons (Fsp3) is 0.250. The maximum Gasteiger partial charge on any atom is 0.150 e. The minimum atomic E-state index is 0.431. The first kappa shape index (κ1) is 15.5. The molecule has 1 aromatic carbocycles. The molecule has 4 rings (SSSR count). The molecule has 3 aromatic rings. The highest BCUT2D eigenvalue weighted by Crippen LogP contribution is 2.38. The van der Waals surface area contributed by atoms with Gasteiger partial charge in [0, 0.05) is 35.6 Å². The van der Waals surface area contributed by atoms with Gasteiger partial charge in [-0.1, -0.05) is 19.1 Å². The highest BCUT2D eigenvalue weighted by molar-refractivity contribution is 6.02. The van der Waals surface area contributed by atoms with Gasteiger partial charge >= 0.3 is 0 Å². The summed E-state index contributed by atoms with van der Waals surface area (Å²) in [5.74, 6) is 2.03. The van der Waals surface area contributed by atoms with Gasteiger partial charge in [0.25, 0.3) is 0 Å². The van der Waals surface area contributed by atoms with Crippen molar-refractivity contribution in [3.63, 3.8) is 0 Å². The third-order valence-electron chi connectivity index (χ3n) is 4.96. The molecule has 1 aliphatic carbocycles. The number of fused-ring (bicyclic) bond motifs is 1. The van der Waals surface area contributed by atoms with E-state index in [1.54, 1.807) is 0 Å². The van der Waals surface area contributed by atoms with Crippen molar-refractivity contribution in [2.24, 2.45) is 17.8 Å². The third-order valence-corrected chi connectivity index (χ3v) is 4.96. The summed E-state index contributed by atoms with van der Waals surface area (Å²) in [4.78, 5) is 12.4. The zero-order valence-corrected chi connectivity index (χ0v) is 14.3. The molecule has 0 bridgehead atoms. The number of nitrogens with zero attached hydrogens (tertiary/aromatic N) is 3. The summed E-state index contributed by atoms with van der Waals surface area (Å²) < 4.78 is 2.09. The molecule has 126 valence electrons. The van der Waals surface area contributed by atoms with Gasteiger partial charge in [0.05, 0.1) is 11.9 Å². The number of nitrogens with one attached hydrogen (secondary N) is 1. The molecule has 2 heterocycles. The van der Waals surface area contributed by atoms with Crippen LogP contribution >= 0.6 is 0 Å². The molecule has 0 aliphatic heterocycles. The van der Waals surface area contributed by atoms with Crippen molar-refractivity contribution in [2.75, 3.05) is 0 Å². The van der Waals surface area contributed by atoms with Crippen molar-refractivity contribution in [2.45, 2.75) is 25.2 Å². The number of nitrogens with two attached hydrogens (primary N) is 1. The number of hydrogen-bond acceptors (Lipinski definition) is 2. The van der Waals surface area contributed by atoms with Gasteiger partial charge in [-0.05, 0) is 31.0 Å². The second-order valence-electron chi connectivity index (χ2n) is 6.48. The van der Waals surface area contributed by atoms with Crippen LogP contribution in [-0.2, 0) is 7.05 Å². The van der Waals surface area contributed by atoms with Gasteiger partial charge in [-0.15, -0.1) is 5.73 Å². The van der Waals surface area contributed by atoms with Crippen LogP contribution in [-0.4, -0.2) is 20.4 Å². The Bertz CT molecular complexity index is 1010. The van der Waals surface area contributed by atoms with E-state index >= 15 is 0 Å². The summed E-state index contributed by atoms with van der Waals surface area (Å²) in [5, 5.41) is 1.15. The monoisotopic (exact) mass is 331 g/mol. The maximum absolute atomic E-state index is 6.27. The number of H-pyrrole nitrogens is 1. The van der Waals surface area contributed by atoms with Crippen LogP contribution in [0.1, 0.15) is 36.7 Å². The number of aromatic amines is 1. The van der Waals surface area contributed by atoms with E-state index in [9.17, 15) is 0 Å². The van der Waals surface area contributed by atoms with Crippen LogP contribution in [0.5, 0.6) is 0 Å². The largest absolute Gasteiger partial charge is 0.382 e. The second-order valence-corrected chi connectivity index (χ2v) is 6.48. The smallest absolute Gasteiger partial charge is 0.150 e. The van der Waals surface area contributed by atoms with Gasteiger partial charge in [0.2, 0.25) is 0 Å². The number of hydrogen-bond donors (Lipinski definition) is 2. The molecule has 1 saturated carbocycles. The summed E-state index contributed by atoms with van der Waals surface area (Å²) in [7, 11) is 2.02. The van der Waals surface area contributed by atoms with Gasteiger partial charge in [-0.3, -0.25) is 0 Å². The first-order chi connectivity index (χ1) is 12.2. The second kappa shape index (κ2) is 6.11. The summed E-state index contributed by atoms with van der Waals surface area (Å²) in [6, 6.07) is 8.35. The Balaban J connectivity index is 1.91. The molecular weight excluding hydrogens is 310 g/mol. The Kier molecular flexibility index (Phi) is 3.79. The van der Waals surface area contributed by atoms with Crippen LogP contribution in [0.25, 0.3) is 22.2 Å². The molecule has 0 spiro atoms. The van der Waals surface area contributed by atoms with Gasteiger partial charge in [0.1, 0.15) is 17.4 Å². The number of rotatable bonds is 4. The van der Waals surface area contributed by atoms with E-state index < -0.39 is 0 Å². The summed E-state index contributed by atoms with van der Waals surface area (Å²) in [6.07, 6.45) is 7.07. The first-order valence-electron chi connectivity index (χ1n) is 8.51. The van der Waals surface area contributed by atoms with Crippen LogP contribution in [0, 0.1) is 0 Å². The molecule has 0 amide bonds. The molecule has 0 radical (unpaired) electrons. The number of aliphatic imine (C=N–C) groups is 1. The molecule has 25 heavy (non-hydrogen) atoms. The topological polar surface area (TPSA) is 72.0 Å². The minimum absolute atomic E-state index is 0.431. The van der Waals surface area contributed by atoms with E-state index in [4.69, 9.17) is 10.7 Å². The Morgan fingerprint density at radius 3 is 3.00 bits per heavy atom. The Morgan fingerprint density at radius 1 is 1.44 bits per heavy atom. The molecule has 5 nitrogen and oxygen atoms in total. The molecule has 3 N–H and O–H groups in total. The predicted molar refractivity (Wildman–Crippen MR) is 102 cm³/mol. The lowest BCUT2D eigenvalue weighted by atomic mass is 9.85. The standard InChI is InChI=1S/C20H21N5/c1-3-10-23-19(21)18-17(24-20(25(18)2)13-5-4-6-13)15-7-8-16-14(12-15)9-11-22-16/h7-13,22H,1,4-6H2,2H3,(H2,21,23). The highest BCUT2D eigenvalue weighted by Gasteiger charge is 2.28. The molecule has 5 heteroatoms. The number of benzene rings is 1. The zero-order chi connectivity index (χ0) is 17.4. The fourth-order valence-electron chi connectivity index (χ4n) is 3.42. The fourth-order valence-corrected chi connectivity index (χ4v) is 3.42. The molecule has 1 aliphatic rings. The van der Waals surface area contributed by atoms with Crippen LogP contribution < -0.4 is 5.73 Å². The van der Waals surface area contributed by atoms with Crippen molar-refractivity contribution in [3.8, 4) is 11.3 Å². The van der Waals surface area contributed by atoms with Crippen molar-refractivity contribution in [1.29, 1.82) is 0 Å². The Hall–Kier alpha value is -3.04. The average molecular weight is 331 g/mol. The lowest BCUT2D eigenvalue weighted by Crippen LogP contribution is -2.20. The summed E-state index contributed by atoms with van der Waals surface area (Å²) in [5.41, 5.74) is 12.8. The SMILES string of the molecule is C=C=C/N=C(/N)c1c(-c2ccc3[nH]ccc3c2)nc(C2CCC2)n1C. The molecule has 0 atom stereocenters. The quantitative estimate of drug-likeness (QED) is 0.433. The lowest BCUT2D eigenvalue weighted by molar-refractivity contribution is 0.393. The van der Waals surface area contributed by atoms with Crippen molar-refractivity contribution in [1.82, 2.24) is 14.5 Å². The normalized spacial score (nSPS) is 15.2. The maximum atomic E-state index is 6.27. The average Bonchev–Trinajstić information content (AvgIpc) is 3.15. The van der Waals surface area contributed by atoms with Crippen molar-refractivity contribution in [3.05, 3.63) is 60.5 Å². The first-order valence-corrected chi connectivity index (χ1v) is 8.51. The number of amidine groups is 1. The minimum Gasteiger partial charge on any atom is -0.382 e. The van der Waals surface area contributed by atoms with E-state index in [-0.39, 0.29) is 0 Å². The molecular formula is C20H21N5. The van der Waals surface area contributed by atoms with Gasteiger partial charge in [0.15, 0.2) is 0 Å². The van der Waals surface area contributed by atoms with E-state index in [0.29, 0.717) is 11.8 Å². The van der Waals surface area contributed by atoms with E-state index in [1.807, 2.05) is 13.2 Å². The molecule has 1 fully saturated rings. The van der Waals surface area contributed by atoms with Gasteiger partial charge in [-0.25, -0.2) is 9.98 Å². The molecule has 0 saturated heterocycles. The van der Waals surface area contributed by atoms with Crippen molar-refractivity contribution >= 4 is 16.7 Å². The highest BCUT2D eigenvalue weighted by atomic mass is 15.1. The predicted octanol–water partition coefficient (Wildman–Crippen LogP) is 3.84. The number of aromatic nitrogens is 3. The zero-order valence-electron chi connectivity index (χ0n) is 14.3. The summed E-state index contributed by atoms with van der Waals surface area (Å²) in [6.45, 7) is 3.54. The summed E-state index contributed by atoms with van der Waals surface area (Å²) >= 11 is 0. The molecule has 2 aromatic heterocycles. The molecule has 0 unspecified atom stereocenters. The van der Waals surface area contributed by atoms with E-state index in [1.165, 1.54) is 25.5 Å². The van der Waals surface area contributed by atoms with Gasteiger partial charge < -0.3 is 15.3 Å². The van der Waals surface area contributed by atoms with Crippen LogP contribution in [0.15, 0.2) is 54.0 Å². The van der Waals surface area contributed by atoms with Gasteiger partial charge in [-0.2, -0.15) is 0 Å². The van der Waals surface area contributed by atoms with E-state index in [0.717, 1.165) is 33.7 Å². The lowest BCUT2D eigenvalue weighted by Gasteiger charge is -2.24. The van der Waals surface area contributed by atoms with Crippen molar-refractivity contribution < 1.29 is 0 Å². The van der Waals surface area contributed by atoms with E-state index in [2.05, 4.69) is 51.1 Å². The Labute approximate surface area is 146 Å². The van der Waals surface area contributed by atoms with Crippen LogP contribution in [0.2, 0.25) is 0 Å². The Morgan fingerprint density at radius 2 is 2.28 bits per heavy atom.